The van der Waals surface area contributed by atoms with Gasteiger partial charge in [-0.05, 0) is 81.8 Å². The lowest BCUT2D eigenvalue weighted by molar-refractivity contribution is -0.115. The summed E-state index contributed by atoms with van der Waals surface area (Å²) in [5.41, 5.74) is 2.70. The Morgan fingerprint density at radius 1 is 1.05 bits per heavy atom. The molecule has 3 atom stereocenters. The number of likely N-dealkylation sites (tertiary alicyclic amines) is 2. The van der Waals surface area contributed by atoms with Crippen molar-refractivity contribution < 1.29 is 17.5 Å². The Bertz CT molecular complexity index is 1430. The van der Waals surface area contributed by atoms with E-state index < -0.39 is 9.84 Å². The summed E-state index contributed by atoms with van der Waals surface area (Å²) >= 11 is 0. The number of pyridine rings is 1. The summed E-state index contributed by atoms with van der Waals surface area (Å²) in [6.45, 7) is 8.56. The second kappa shape index (κ2) is 10.6. The molecular weight excluding hydrogens is 515 g/mol. The summed E-state index contributed by atoms with van der Waals surface area (Å²) in [5, 5.41) is 0. The van der Waals surface area contributed by atoms with Crippen molar-refractivity contribution in [3.05, 3.63) is 54.1 Å². The maximum Gasteiger partial charge on any atom is 0.175 e. The number of aromatic nitrogens is 2. The highest BCUT2D eigenvalue weighted by molar-refractivity contribution is 7.90. The summed E-state index contributed by atoms with van der Waals surface area (Å²) in [6.07, 6.45) is 10.7. The van der Waals surface area contributed by atoms with Gasteiger partial charge in [-0.3, -0.25) is 4.90 Å². The van der Waals surface area contributed by atoms with Gasteiger partial charge in [0.2, 0.25) is 0 Å². The molecule has 3 aliphatic heterocycles. The van der Waals surface area contributed by atoms with E-state index in [1.807, 2.05) is 12.4 Å². The normalized spacial score (nSPS) is 26.2. The molecule has 3 fully saturated rings. The van der Waals surface area contributed by atoms with Crippen molar-refractivity contribution in [1.82, 2.24) is 19.2 Å². The van der Waals surface area contributed by atoms with Crippen LogP contribution in [0.25, 0.3) is 16.9 Å². The number of benzene rings is 1. The van der Waals surface area contributed by atoms with Gasteiger partial charge in [-0.15, -0.1) is 0 Å². The zero-order chi connectivity index (χ0) is 27.3. The Hall–Kier alpha value is -2.33. The van der Waals surface area contributed by atoms with E-state index in [-0.39, 0.29) is 10.7 Å². The summed E-state index contributed by atoms with van der Waals surface area (Å²) < 4.78 is 46.0. The Morgan fingerprint density at radius 2 is 1.77 bits per heavy atom. The van der Waals surface area contributed by atoms with Gasteiger partial charge < -0.3 is 14.0 Å². The standard InChI is InChI=1S/C30H39FN4O3S/c1-4-24-15-25(13-20(2)35(24)26-18-38-19-26)33-11-9-21(10-12-33)23-14-28(31)30-32-29(17-34(30)16-23)22-5-7-27(8-6-22)39(3,36)37/h5-8,14,16-17,20-21,24-26H,4,9-13,15,18-19H2,1-3H3. The van der Waals surface area contributed by atoms with Gasteiger partial charge in [-0.25, -0.2) is 17.8 Å². The van der Waals surface area contributed by atoms with Gasteiger partial charge in [0, 0.05) is 42.3 Å². The summed E-state index contributed by atoms with van der Waals surface area (Å²) in [6, 6.07) is 10.7. The van der Waals surface area contributed by atoms with E-state index in [0.29, 0.717) is 41.4 Å². The van der Waals surface area contributed by atoms with Crippen LogP contribution in [0.15, 0.2) is 47.6 Å². The van der Waals surface area contributed by atoms with Gasteiger partial charge in [-0.1, -0.05) is 19.1 Å². The molecule has 0 bridgehead atoms. The smallest absolute Gasteiger partial charge is 0.175 e. The van der Waals surface area contributed by atoms with Gasteiger partial charge in [-0.2, -0.15) is 0 Å². The average Bonchev–Trinajstić information content (AvgIpc) is 3.33. The first kappa shape index (κ1) is 26.9. The lowest BCUT2D eigenvalue weighted by Gasteiger charge is -2.52. The van der Waals surface area contributed by atoms with Gasteiger partial charge in [0.25, 0.3) is 0 Å². The van der Waals surface area contributed by atoms with Gasteiger partial charge >= 0.3 is 0 Å². The van der Waals surface area contributed by atoms with Crippen LogP contribution in [0.3, 0.4) is 0 Å². The lowest BCUT2D eigenvalue weighted by atomic mass is 9.84. The van der Waals surface area contributed by atoms with Crippen LogP contribution >= 0.6 is 0 Å². The van der Waals surface area contributed by atoms with E-state index in [1.54, 1.807) is 34.7 Å². The lowest BCUT2D eigenvalue weighted by Crippen LogP contribution is -2.62. The van der Waals surface area contributed by atoms with Crippen LogP contribution in [-0.2, 0) is 14.6 Å². The fraction of sp³-hybridized carbons (Fsp3) is 0.567. The SMILES string of the molecule is CCC1CC(N2CCC(c3cc(F)c4nc(-c5ccc(S(C)(=O)=O)cc5)cn4c3)CC2)CC(C)N1C1COC1. The minimum absolute atomic E-state index is 0.257. The molecule has 0 amide bonds. The number of sulfone groups is 1. The molecule has 3 unspecified atom stereocenters. The Morgan fingerprint density at radius 3 is 2.38 bits per heavy atom. The maximum absolute atomic E-state index is 15.2. The number of imidazole rings is 1. The molecule has 5 heterocycles. The van der Waals surface area contributed by atoms with Crippen molar-refractivity contribution in [3.63, 3.8) is 0 Å². The van der Waals surface area contributed by atoms with Crippen LogP contribution in [-0.4, -0.2) is 84.3 Å². The molecule has 39 heavy (non-hydrogen) atoms. The predicted octanol–water partition coefficient (Wildman–Crippen LogP) is 4.75. The monoisotopic (exact) mass is 554 g/mol. The molecule has 0 saturated carbocycles. The predicted molar refractivity (Wildman–Crippen MR) is 150 cm³/mol. The number of nitrogens with zero attached hydrogens (tertiary/aromatic N) is 4. The van der Waals surface area contributed by atoms with Crippen LogP contribution in [0, 0.1) is 5.82 Å². The summed E-state index contributed by atoms with van der Waals surface area (Å²) in [7, 11) is -3.27. The Kier molecular flexibility index (Phi) is 7.29. The zero-order valence-electron chi connectivity index (χ0n) is 23.1. The molecule has 210 valence electrons. The van der Waals surface area contributed by atoms with Crippen LogP contribution < -0.4 is 0 Å². The molecule has 0 radical (unpaired) electrons. The fourth-order valence-corrected chi connectivity index (χ4v) is 7.68. The van der Waals surface area contributed by atoms with Crippen LogP contribution in [0.4, 0.5) is 4.39 Å². The highest BCUT2D eigenvalue weighted by Crippen LogP contribution is 2.36. The number of rotatable bonds is 6. The van der Waals surface area contributed by atoms with E-state index in [4.69, 9.17) is 4.74 Å². The van der Waals surface area contributed by atoms with Crippen molar-refractivity contribution in [2.24, 2.45) is 0 Å². The molecule has 0 aliphatic carbocycles. The van der Waals surface area contributed by atoms with E-state index in [2.05, 4.69) is 28.6 Å². The van der Waals surface area contributed by atoms with Crippen molar-refractivity contribution in [2.45, 2.75) is 80.9 Å². The van der Waals surface area contributed by atoms with E-state index >= 15 is 4.39 Å². The largest absolute Gasteiger partial charge is 0.378 e. The minimum Gasteiger partial charge on any atom is -0.378 e. The van der Waals surface area contributed by atoms with Crippen LogP contribution in [0.1, 0.15) is 57.4 Å². The van der Waals surface area contributed by atoms with Crippen LogP contribution in [0.5, 0.6) is 0 Å². The molecule has 1 aromatic carbocycles. The molecule has 3 aromatic rings. The minimum atomic E-state index is -3.27. The maximum atomic E-state index is 15.2. The Balaban J connectivity index is 1.14. The van der Waals surface area contributed by atoms with Gasteiger partial charge in [0.1, 0.15) is 0 Å². The van der Waals surface area contributed by atoms with Crippen molar-refractivity contribution in [1.29, 1.82) is 0 Å². The number of hydrogen-bond acceptors (Lipinski definition) is 6. The molecule has 0 spiro atoms. The first-order valence-electron chi connectivity index (χ1n) is 14.3. The molecule has 7 nitrogen and oxygen atoms in total. The molecule has 0 N–H and O–H groups in total. The number of piperidine rings is 2. The highest BCUT2D eigenvalue weighted by Gasteiger charge is 2.41. The van der Waals surface area contributed by atoms with Gasteiger partial charge in [0.15, 0.2) is 21.3 Å². The fourth-order valence-electron chi connectivity index (χ4n) is 7.05. The summed E-state index contributed by atoms with van der Waals surface area (Å²) in [5.74, 6) is 0.00699. The van der Waals surface area contributed by atoms with Crippen molar-refractivity contribution in [3.8, 4) is 11.3 Å². The van der Waals surface area contributed by atoms with E-state index in [0.717, 1.165) is 50.3 Å². The second-order valence-corrected chi connectivity index (χ2v) is 13.8. The zero-order valence-corrected chi connectivity index (χ0v) is 23.9. The topological polar surface area (TPSA) is 67.2 Å². The second-order valence-electron chi connectivity index (χ2n) is 11.8. The average molecular weight is 555 g/mol. The molecule has 6 rings (SSSR count). The number of hydrogen-bond donors (Lipinski definition) is 0. The molecule has 3 saturated heterocycles. The quantitative estimate of drug-likeness (QED) is 0.438. The summed E-state index contributed by atoms with van der Waals surface area (Å²) in [4.78, 5) is 10.2. The van der Waals surface area contributed by atoms with E-state index in [1.165, 1.54) is 25.5 Å². The highest BCUT2D eigenvalue weighted by atomic mass is 32.2. The Labute approximate surface area is 230 Å². The third-order valence-corrected chi connectivity index (χ3v) is 10.4. The first-order valence-corrected chi connectivity index (χ1v) is 16.2. The van der Waals surface area contributed by atoms with Gasteiger partial charge in [0.05, 0.1) is 29.8 Å². The van der Waals surface area contributed by atoms with E-state index in [9.17, 15) is 8.42 Å². The number of ether oxygens (including phenoxy) is 1. The molecule has 3 aliphatic rings. The molecular formula is C30H39FN4O3S. The first-order chi connectivity index (χ1) is 18.7. The number of fused-ring (bicyclic) bond motifs is 1. The van der Waals surface area contributed by atoms with Crippen molar-refractivity contribution >= 4 is 15.5 Å². The third-order valence-electron chi connectivity index (χ3n) is 9.22. The van der Waals surface area contributed by atoms with Crippen LogP contribution in [0.2, 0.25) is 0 Å². The van der Waals surface area contributed by atoms with Crippen molar-refractivity contribution in [2.75, 3.05) is 32.6 Å². The molecule has 2 aromatic heterocycles. The molecule has 9 heteroatoms. The number of halogens is 1. The third kappa shape index (κ3) is 5.26.